The molecule has 0 spiro atoms. The Hall–Kier alpha value is -4.14. The van der Waals surface area contributed by atoms with Crippen molar-refractivity contribution in [2.45, 2.75) is 251 Å². The van der Waals surface area contributed by atoms with Crippen molar-refractivity contribution in [3.63, 3.8) is 0 Å². The van der Waals surface area contributed by atoms with Crippen LogP contribution in [0.3, 0.4) is 0 Å². The lowest BCUT2D eigenvalue weighted by Gasteiger charge is -2.29. The molecule has 1 amide bonds. The minimum absolute atomic E-state index is 0.0254. The monoisotopic (exact) mass is 1170 g/mol. The van der Waals surface area contributed by atoms with E-state index in [0.29, 0.717) is 23.9 Å². The summed E-state index contributed by atoms with van der Waals surface area (Å²) in [6.07, 6.45) is 98.9. The highest BCUT2D eigenvalue weighted by atomic mass is 31.2. The van der Waals surface area contributed by atoms with Gasteiger partial charge in [-0.3, -0.25) is 9.36 Å². The van der Waals surface area contributed by atoms with Gasteiger partial charge in [-0.2, -0.15) is 0 Å². The molecule has 0 fully saturated rings. The van der Waals surface area contributed by atoms with Crippen molar-refractivity contribution in [3.05, 3.63) is 170 Å². The Bertz CT molecular complexity index is 1960. The SMILES string of the molecule is CC/C=C\C/C=C\C/C=C\C/C=C\C/C=C\C/C=C\C/C=C\C/C=C\C/C=C\C/C=C\C/C=C\CCCCCC(=O)NC(COP(=O)([O-])OCC[N+](C)(C)C)C(O)/C=C/CC/C=C/CC/C=C/CCCCCCCCCCCCCCCC. The molecule has 0 aliphatic heterocycles. The summed E-state index contributed by atoms with van der Waals surface area (Å²) in [4.78, 5) is 25.6. The van der Waals surface area contributed by atoms with Crippen molar-refractivity contribution in [2.75, 3.05) is 40.9 Å². The Morgan fingerprint density at radius 2 is 0.747 bits per heavy atom. The lowest BCUT2D eigenvalue weighted by molar-refractivity contribution is -0.870. The van der Waals surface area contributed by atoms with Gasteiger partial charge in [-0.05, 0) is 128 Å². The number of aliphatic hydroxyl groups excluding tert-OH is 1. The minimum atomic E-state index is -4.64. The molecule has 3 unspecified atom stereocenters. The van der Waals surface area contributed by atoms with E-state index in [1.807, 2.05) is 27.2 Å². The molecular formula is C74H123N2O6P. The molecule has 470 valence electrons. The molecule has 3 atom stereocenters. The third-order valence-electron chi connectivity index (χ3n) is 13.6. The van der Waals surface area contributed by atoms with E-state index in [-0.39, 0.29) is 18.9 Å². The van der Waals surface area contributed by atoms with Crippen LogP contribution >= 0.6 is 7.82 Å². The molecule has 0 saturated heterocycles. The van der Waals surface area contributed by atoms with E-state index in [0.717, 1.165) is 109 Å². The number of allylic oxidation sites excluding steroid dienone is 27. The third-order valence-corrected chi connectivity index (χ3v) is 14.6. The first kappa shape index (κ1) is 78.9. The van der Waals surface area contributed by atoms with Crippen LogP contribution < -0.4 is 10.2 Å². The number of hydrogen-bond acceptors (Lipinski definition) is 6. The summed E-state index contributed by atoms with van der Waals surface area (Å²) in [5.41, 5.74) is 0. The van der Waals surface area contributed by atoms with Crippen LogP contribution in [0, 0.1) is 0 Å². The van der Waals surface area contributed by atoms with Gasteiger partial charge in [0.05, 0.1) is 39.9 Å². The molecule has 0 aromatic rings. The molecule has 0 heterocycles. The fraction of sp³-hybridized carbons (Fsp3) is 0.608. The number of quaternary nitrogens is 1. The third kappa shape index (κ3) is 65.3. The highest BCUT2D eigenvalue weighted by Crippen LogP contribution is 2.38. The van der Waals surface area contributed by atoms with E-state index in [4.69, 9.17) is 9.05 Å². The van der Waals surface area contributed by atoms with Crippen molar-refractivity contribution in [2.24, 2.45) is 0 Å². The van der Waals surface area contributed by atoms with Gasteiger partial charge in [0, 0.05) is 6.42 Å². The van der Waals surface area contributed by atoms with Gasteiger partial charge in [-0.25, -0.2) is 0 Å². The average Bonchev–Trinajstić information content (AvgIpc) is 3.50. The molecule has 2 N–H and O–H groups in total. The van der Waals surface area contributed by atoms with Crippen LogP contribution in [-0.2, 0) is 18.4 Å². The van der Waals surface area contributed by atoms with Crippen molar-refractivity contribution in [1.82, 2.24) is 5.32 Å². The zero-order valence-electron chi connectivity index (χ0n) is 53.6. The number of aliphatic hydroxyl groups is 1. The summed E-state index contributed by atoms with van der Waals surface area (Å²) >= 11 is 0. The fourth-order valence-corrected chi connectivity index (χ4v) is 9.26. The van der Waals surface area contributed by atoms with Crippen LogP contribution in [0.1, 0.15) is 239 Å². The van der Waals surface area contributed by atoms with Gasteiger partial charge < -0.3 is 28.8 Å². The zero-order chi connectivity index (χ0) is 60.5. The number of phosphoric acid groups is 1. The van der Waals surface area contributed by atoms with Crippen LogP contribution in [0.5, 0.6) is 0 Å². The molecule has 9 heteroatoms. The molecular weight excluding hydrogens is 1040 g/mol. The second-order valence-electron chi connectivity index (χ2n) is 22.7. The molecule has 0 bridgehead atoms. The number of phosphoric ester groups is 1. The number of carbonyl (C=O) groups is 1. The van der Waals surface area contributed by atoms with Crippen LogP contribution in [0.2, 0.25) is 0 Å². The second-order valence-corrected chi connectivity index (χ2v) is 24.1. The van der Waals surface area contributed by atoms with E-state index < -0.39 is 26.6 Å². The fourth-order valence-electron chi connectivity index (χ4n) is 8.54. The standard InChI is InChI=1S/C74H123N2O6P/c1-6-8-10-12-14-16-18-20-22-24-26-28-30-32-33-34-35-36-37-38-39-40-41-42-43-44-46-48-50-52-54-56-58-60-62-64-66-68-74(78)75-72(71-82-83(79,80)81-70-69-76(3,4)5)73(77)67-65-63-61-59-57-55-53-51-49-47-45-31-29-27-25-23-21-19-17-15-13-11-9-7-2/h8,10,14,16,20,22,26,28,32-33,35-36,38-39,41-42,44,46,49-52,56-59,65,67,72-73,77H,6-7,9,11-13,15,17-19,21,23-25,27,29-31,34,37,40,43,45,47-48,53-55,60-64,66,68-71H2,1-5H3,(H-,75,78,79,80)/b10-8-,16-14-,22-20-,28-26-,33-32-,36-35-,39-38-,42-41-,46-44-,51-49+,52-50-,58-56-,59-57+,67-65+. The normalized spacial score (nSPS) is 14.8. The Morgan fingerprint density at radius 1 is 0.434 bits per heavy atom. The number of nitrogens with zero attached hydrogens (tertiary/aromatic N) is 1. The molecule has 83 heavy (non-hydrogen) atoms. The number of unbranched alkanes of at least 4 members (excludes halogenated alkanes) is 19. The number of likely N-dealkylation sites (N-methyl/N-ethyl adjacent to an activating group) is 1. The van der Waals surface area contributed by atoms with Gasteiger partial charge in [0.15, 0.2) is 0 Å². The summed E-state index contributed by atoms with van der Waals surface area (Å²) in [7, 11) is 1.19. The van der Waals surface area contributed by atoms with E-state index in [1.54, 1.807) is 6.08 Å². The predicted octanol–water partition coefficient (Wildman–Crippen LogP) is 20.5. The summed E-state index contributed by atoms with van der Waals surface area (Å²) in [5, 5.41) is 13.9. The summed E-state index contributed by atoms with van der Waals surface area (Å²) in [6, 6.07) is -0.943. The van der Waals surface area contributed by atoms with Crippen LogP contribution in [0.15, 0.2) is 170 Å². The minimum Gasteiger partial charge on any atom is -0.756 e. The summed E-state index contributed by atoms with van der Waals surface area (Å²) in [6.45, 7) is 4.47. The Labute approximate surface area is 511 Å². The number of carbonyl (C=O) groups excluding carboxylic acids is 1. The first-order chi connectivity index (χ1) is 40.5. The number of hydrogen-bond donors (Lipinski definition) is 2. The smallest absolute Gasteiger partial charge is 0.268 e. The summed E-state index contributed by atoms with van der Waals surface area (Å²) < 4.78 is 23.4. The molecule has 0 saturated carbocycles. The van der Waals surface area contributed by atoms with E-state index >= 15 is 0 Å². The van der Waals surface area contributed by atoms with Gasteiger partial charge in [-0.15, -0.1) is 0 Å². The predicted molar refractivity (Wildman–Crippen MR) is 361 cm³/mol. The average molecular weight is 1170 g/mol. The maximum atomic E-state index is 13.0. The first-order valence-corrected chi connectivity index (χ1v) is 34.5. The zero-order valence-corrected chi connectivity index (χ0v) is 54.5. The molecule has 8 nitrogen and oxygen atoms in total. The van der Waals surface area contributed by atoms with Gasteiger partial charge in [0.1, 0.15) is 13.2 Å². The van der Waals surface area contributed by atoms with Crippen molar-refractivity contribution >= 4 is 13.7 Å². The maximum Gasteiger partial charge on any atom is 0.268 e. The quantitative estimate of drug-likeness (QED) is 0.0272. The van der Waals surface area contributed by atoms with Gasteiger partial charge in [-0.1, -0.05) is 274 Å². The number of nitrogens with one attached hydrogen (secondary N) is 1. The Kier molecular flexibility index (Phi) is 59.3. The van der Waals surface area contributed by atoms with E-state index in [2.05, 4.69) is 177 Å². The van der Waals surface area contributed by atoms with Crippen molar-refractivity contribution in [3.8, 4) is 0 Å². The topological polar surface area (TPSA) is 108 Å². The molecule has 0 aliphatic carbocycles. The van der Waals surface area contributed by atoms with Crippen LogP contribution in [0.25, 0.3) is 0 Å². The Balaban J connectivity index is 4.33. The number of amides is 1. The lowest BCUT2D eigenvalue weighted by Crippen LogP contribution is -2.45. The highest BCUT2D eigenvalue weighted by molar-refractivity contribution is 7.45. The molecule has 0 aromatic carbocycles. The second kappa shape index (κ2) is 62.4. The molecule has 0 rings (SSSR count). The largest absolute Gasteiger partial charge is 0.756 e. The van der Waals surface area contributed by atoms with Crippen LogP contribution in [0.4, 0.5) is 0 Å². The lowest BCUT2D eigenvalue weighted by atomic mass is 10.0. The molecule has 0 aromatic heterocycles. The molecule has 0 radical (unpaired) electrons. The van der Waals surface area contributed by atoms with Crippen molar-refractivity contribution < 1.29 is 32.9 Å². The Morgan fingerprint density at radius 3 is 1.12 bits per heavy atom. The van der Waals surface area contributed by atoms with Gasteiger partial charge >= 0.3 is 0 Å². The van der Waals surface area contributed by atoms with E-state index in [1.165, 1.54) is 96.3 Å². The molecule has 0 aliphatic rings. The van der Waals surface area contributed by atoms with Crippen LogP contribution in [-0.4, -0.2) is 68.5 Å². The first-order valence-electron chi connectivity index (χ1n) is 33.0. The van der Waals surface area contributed by atoms with Gasteiger partial charge in [0.25, 0.3) is 7.82 Å². The van der Waals surface area contributed by atoms with Gasteiger partial charge in [0.2, 0.25) is 5.91 Å². The highest BCUT2D eigenvalue weighted by Gasteiger charge is 2.23. The maximum absolute atomic E-state index is 13.0. The van der Waals surface area contributed by atoms with E-state index in [9.17, 15) is 19.4 Å². The van der Waals surface area contributed by atoms with Crippen molar-refractivity contribution in [1.29, 1.82) is 0 Å². The summed E-state index contributed by atoms with van der Waals surface area (Å²) in [5.74, 6) is -0.249. The number of rotatable bonds is 58.